The smallest absolute Gasteiger partial charge is 0.315 e. The standard InChI is InChI=1S/C19H31N5O3/c1-15-5-6-18(25)24(22-15)11-10-23-9-3-2-4-17(23)14-20-19(26)21-16-7-12-27-13-8-16/h5-6,16-17H,2-4,7-14H2,1H3,(H2,20,21,26). The quantitative estimate of drug-likeness (QED) is 0.768. The summed E-state index contributed by atoms with van der Waals surface area (Å²) in [6.45, 7) is 6.29. The summed E-state index contributed by atoms with van der Waals surface area (Å²) in [5.41, 5.74) is 0.777. The van der Waals surface area contributed by atoms with E-state index >= 15 is 0 Å². The number of hydrogen-bond donors (Lipinski definition) is 2. The highest BCUT2D eigenvalue weighted by Crippen LogP contribution is 2.16. The Balaban J connectivity index is 1.47. The van der Waals surface area contributed by atoms with Crippen LogP contribution in [0.1, 0.15) is 37.8 Å². The van der Waals surface area contributed by atoms with Crippen LogP contribution in [-0.2, 0) is 11.3 Å². The molecule has 2 saturated heterocycles. The molecule has 0 aliphatic carbocycles. The van der Waals surface area contributed by atoms with Gasteiger partial charge in [-0.05, 0) is 45.2 Å². The van der Waals surface area contributed by atoms with Gasteiger partial charge in [0.25, 0.3) is 5.56 Å². The second-order valence-corrected chi connectivity index (χ2v) is 7.46. The maximum Gasteiger partial charge on any atom is 0.315 e. The van der Waals surface area contributed by atoms with Gasteiger partial charge in [0.1, 0.15) is 0 Å². The Labute approximate surface area is 160 Å². The monoisotopic (exact) mass is 377 g/mol. The zero-order chi connectivity index (χ0) is 19.1. The number of carbonyl (C=O) groups excluding carboxylic acids is 1. The van der Waals surface area contributed by atoms with Crippen molar-refractivity contribution in [2.75, 3.05) is 32.8 Å². The lowest BCUT2D eigenvalue weighted by atomic mass is 10.0. The maximum absolute atomic E-state index is 12.2. The van der Waals surface area contributed by atoms with E-state index in [0.29, 0.717) is 32.3 Å². The minimum absolute atomic E-state index is 0.0666. The SMILES string of the molecule is Cc1ccc(=O)n(CCN2CCCCC2CNC(=O)NC2CCOCC2)n1. The van der Waals surface area contributed by atoms with E-state index in [4.69, 9.17) is 4.74 Å². The summed E-state index contributed by atoms with van der Waals surface area (Å²) < 4.78 is 6.86. The van der Waals surface area contributed by atoms with Crippen molar-refractivity contribution >= 4 is 6.03 Å². The Hall–Kier alpha value is -1.93. The van der Waals surface area contributed by atoms with Crippen molar-refractivity contribution in [1.29, 1.82) is 0 Å². The van der Waals surface area contributed by atoms with E-state index in [1.807, 2.05) is 6.92 Å². The Kier molecular flexibility index (Phi) is 7.23. The molecule has 2 aliphatic rings. The first-order chi connectivity index (χ1) is 13.1. The second-order valence-electron chi connectivity index (χ2n) is 7.46. The molecule has 150 valence electrons. The van der Waals surface area contributed by atoms with Gasteiger partial charge in [0.15, 0.2) is 0 Å². The molecular formula is C19H31N5O3. The van der Waals surface area contributed by atoms with Crippen LogP contribution in [0.2, 0.25) is 0 Å². The largest absolute Gasteiger partial charge is 0.381 e. The number of ether oxygens (including phenoxy) is 1. The van der Waals surface area contributed by atoms with Crippen LogP contribution < -0.4 is 16.2 Å². The maximum atomic E-state index is 12.2. The summed E-state index contributed by atoms with van der Waals surface area (Å²) in [5.74, 6) is 0. The molecule has 3 rings (SSSR count). The highest BCUT2D eigenvalue weighted by Gasteiger charge is 2.23. The van der Waals surface area contributed by atoms with E-state index < -0.39 is 0 Å². The van der Waals surface area contributed by atoms with Crippen LogP contribution in [0.25, 0.3) is 0 Å². The summed E-state index contributed by atoms with van der Waals surface area (Å²) in [4.78, 5) is 26.5. The van der Waals surface area contributed by atoms with E-state index in [0.717, 1.165) is 44.5 Å². The number of piperidine rings is 1. The molecule has 2 amide bonds. The van der Waals surface area contributed by atoms with Gasteiger partial charge < -0.3 is 15.4 Å². The fraction of sp³-hybridized carbons (Fsp3) is 0.737. The number of amides is 2. The number of aromatic nitrogens is 2. The van der Waals surface area contributed by atoms with Crippen molar-refractivity contribution in [3.05, 3.63) is 28.2 Å². The van der Waals surface area contributed by atoms with E-state index in [1.165, 1.54) is 11.1 Å². The first-order valence-electron chi connectivity index (χ1n) is 10.0. The Bertz CT molecular complexity index is 672. The number of rotatable bonds is 6. The van der Waals surface area contributed by atoms with Gasteiger partial charge in [0, 0.05) is 44.5 Å². The normalized spacial score (nSPS) is 21.7. The van der Waals surface area contributed by atoms with Crippen molar-refractivity contribution in [2.45, 2.75) is 57.7 Å². The molecule has 0 saturated carbocycles. The number of urea groups is 1. The molecule has 1 atom stereocenters. The highest BCUT2D eigenvalue weighted by molar-refractivity contribution is 5.74. The first-order valence-corrected chi connectivity index (χ1v) is 10.0. The number of nitrogens with one attached hydrogen (secondary N) is 2. The molecular weight excluding hydrogens is 346 g/mol. The van der Waals surface area contributed by atoms with Gasteiger partial charge in [-0.15, -0.1) is 0 Å². The molecule has 0 aromatic carbocycles. The number of nitrogens with zero attached hydrogens (tertiary/aromatic N) is 3. The van der Waals surface area contributed by atoms with Crippen molar-refractivity contribution in [2.24, 2.45) is 0 Å². The highest BCUT2D eigenvalue weighted by atomic mass is 16.5. The molecule has 0 bridgehead atoms. The Morgan fingerprint density at radius 3 is 2.85 bits per heavy atom. The Morgan fingerprint density at radius 2 is 2.04 bits per heavy atom. The van der Waals surface area contributed by atoms with Crippen LogP contribution in [0.4, 0.5) is 4.79 Å². The summed E-state index contributed by atoms with van der Waals surface area (Å²) in [7, 11) is 0. The molecule has 27 heavy (non-hydrogen) atoms. The van der Waals surface area contributed by atoms with E-state index in [1.54, 1.807) is 12.1 Å². The van der Waals surface area contributed by atoms with E-state index in [2.05, 4.69) is 20.6 Å². The summed E-state index contributed by atoms with van der Waals surface area (Å²) in [6.07, 6.45) is 5.14. The predicted octanol–water partition coefficient (Wildman–Crippen LogP) is 0.884. The van der Waals surface area contributed by atoms with E-state index in [9.17, 15) is 9.59 Å². The summed E-state index contributed by atoms with van der Waals surface area (Å²) >= 11 is 0. The topological polar surface area (TPSA) is 88.5 Å². The van der Waals surface area contributed by atoms with Crippen LogP contribution in [0, 0.1) is 6.92 Å². The molecule has 2 N–H and O–H groups in total. The lowest BCUT2D eigenvalue weighted by Gasteiger charge is -2.36. The lowest BCUT2D eigenvalue weighted by molar-refractivity contribution is 0.0798. The van der Waals surface area contributed by atoms with Gasteiger partial charge in [-0.1, -0.05) is 6.42 Å². The molecule has 0 spiro atoms. The molecule has 8 heteroatoms. The minimum atomic E-state index is -0.0935. The van der Waals surface area contributed by atoms with Gasteiger partial charge >= 0.3 is 6.03 Å². The third kappa shape index (κ3) is 6.04. The Morgan fingerprint density at radius 1 is 1.22 bits per heavy atom. The fourth-order valence-corrected chi connectivity index (χ4v) is 3.81. The average Bonchev–Trinajstić information content (AvgIpc) is 2.68. The molecule has 0 radical (unpaired) electrons. The van der Waals surface area contributed by atoms with Crippen LogP contribution in [0.3, 0.4) is 0 Å². The minimum Gasteiger partial charge on any atom is -0.381 e. The van der Waals surface area contributed by atoms with Gasteiger partial charge in [-0.3, -0.25) is 9.69 Å². The van der Waals surface area contributed by atoms with Gasteiger partial charge in [-0.2, -0.15) is 5.10 Å². The molecule has 1 aromatic rings. The zero-order valence-corrected chi connectivity index (χ0v) is 16.2. The lowest BCUT2D eigenvalue weighted by Crippen LogP contribution is -2.51. The van der Waals surface area contributed by atoms with Crippen LogP contribution in [-0.4, -0.2) is 65.6 Å². The molecule has 1 aromatic heterocycles. The molecule has 1 unspecified atom stereocenters. The summed E-state index contributed by atoms with van der Waals surface area (Å²) in [5, 5.41) is 10.4. The fourth-order valence-electron chi connectivity index (χ4n) is 3.81. The molecule has 2 fully saturated rings. The van der Waals surface area contributed by atoms with Crippen molar-refractivity contribution in [1.82, 2.24) is 25.3 Å². The predicted molar refractivity (Wildman–Crippen MR) is 103 cm³/mol. The van der Waals surface area contributed by atoms with Gasteiger partial charge in [0.05, 0.1) is 12.2 Å². The van der Waals surface area contributed by atoms with Crippen LogP contribution in [0.5, 0.6) is 0 Å². The molecule has 8 nitrogen and oxygen atoms in total. The second kappa shape index (κ2) is 9.85. The van der Waals surface area contributed by atoms with Crippen molar-refractivity contribution in [3.8, 4) is 0 Å². The molecule has 3 heterocycles. The average molecular weight is 377 g/mol. The van der Waals surface area contributed by atoms with Crippen molar-refractivity contribution < 1.29 is 9.53 Å². The number of aryl methyl sites for hydroxylation is 1. The zero-order valence-electron chi connectivity index (χ0n) is 16.2. The third-order valence-corrected chi connectivity index (χ3v) is 5.40. The third-order valence-electron chi connectivity index (χ3n) is 5.40. The number of hydrogen-bond acceptors (Lipinski definition) is 5. The van der Waals surface area contributed by atoms with E-state index in [-0.39, 0.29) is 17.6 Å². The number of carbonyl (C=O) groups is 1. The van der Waals surface area contributed by atoms with Crippen LogP contribution >= 0.6 is 0 Å². The molecule has 2 aliphatic heterocycles. The number of likely N-dealkylation sites (tertiary alicyclic amines) is 1. The van der Waals surface area contributed by atoms with Gasteiger partial charge in [-0.25, -0.2) is 9.48 Å². The van der Waals surface area contributed by atoms with Crippen molar-refractivity contribution in [3.63, 3.8) is 0 Å². The first kappa shape index (κ1) is 19.8. The van der Waals surface area contributed by atoms with Gasteiger partial charge in [0.2, 0.25) is 0 Å². The van der Waals surface area contributed by atoms with Crippen LogP contribution in [0.15, 0.2) is 16.9 Å². The summed E-state index contributed by atoms with van der Waals surface area (Å²) in [6, 6.07) is 3.73.